The predicted molar refractivity (Wildman–Crippen MR) is 112 cm³/mol. The van der Waals surface area contributed by atoms with E-state index in [9.17, 15) is 13.6 Å². The molecule has 2 amide bonds. The van der Waals surface area contributed by atoms with Crippen molar-refractivity contribution in [2.45, 2.75) is 26.2 Å². The van der Waals surface area contributed by atoms with Crippen LogP contribution in [-0.2, 0) is 0 Å². The highest BCUT2D eigenvalue weighted by Gasteiger charge is 2.24. The third kappa shape index (κ3) is 4.60. The third-order valence-electron chi connectivity index (χ3n) is 5.53. The van der Waals surface area contributed by atoms with Crippen molar-refractivity contribution in [2.75, 3.05) is 54.4 Å². The zero-order valence-electron chi connectivity index (χ0n) is 17.1. The molecule has 2 aromatic rings. The number of nitrogens with one attached hydrogen (secondary N) is 1. The fraction of sp³-hybridized carbons (Fsp3) is 0.476. The highest BCUT2D eigenvalue weighted by molar-refractivity contribution is 5.89. The standard InChI is InChI=1S/C21H26F2N6O/c1-15-13-19(26-20(24-15)28-7-3-2-4-8-28)27-9-11-29(12-10-27)21(30)25-18-14-16(22)5-6-17(18)23/h5-6,13-14H,2-4,7-12H2,1H3,(H,25,30). The van der Waals surface area contributed by atoms with Gasteiger partial charge in [-0.3, -0.25) is 0 Å². The van der Waals surface area contributed by atoms with Crippen molar-refractivity contribution in [3.63, 3.8) is 0 Å². The molecule has 2 saturated heterocycles. The molecule has 0 saturated carbocycles. The molecule has 1 aromatic heterocycles. The normalized spacial score (nSPS) is 17.2. The quantitative estimate of drug-likeness (QED) is 0.831. The lowest BCUT2D eigenvalue weighted by Gasteiger charge is -2.36. The van der Waals surface area contributed by atoms with Crippen LogP contribution in [0.5, 0.6) is 0 Å². The monoisotopic (exact) mass is 416 g/mol. The molecule has 2 aliphatic rings. The van der Waals surface area contributed by atoms with Gasteiger partial charge in [0, 0.05) is 57.1 Å². The van der Waals surface area contributed by atoms with E-state index in [0.29, 0.717) is 26.2 Å². The van der Waals surface area contributed by atoms with Gasteiger partial charge in [-0.1, -0.05) is 0 Å². The van der Waals surface area contributed by atoms with Gasteiger partial charge in [0.25, 0.3) is 0 Å². The summed E-state index contributed by atoms with van der Waals surface area (Å²) in [6, 6.07) is 4.53. The molecule has 1 aromatic carbocycles. The Bertz CT molecular complexity index is 910. The summed E-state index contributed by atoms with van der Waals surface area (Å²) >= 11 is 0. The molecular weight excluding hydrogens is 390 g/mol. The van der Waals surface area contributed by atoms with E-state index in [1.807, 2.05) is 13.0 Å². The Morgan fingerprint density at radius 1 is 0.933 bits per heavy atom. The smallest absolute Gasteiger partial charge is 0.322 e. The highest BCUT2D eigenvalue weighted by atomic mass is 19.1. The molecule has 160 valence electrons. The van der Waals surface area contributed by atoms with Crippen LogP contribution >= 0.6 is 0 Å². The molecular formula is C21H26F2N6O. The van der Waals surface area contributed by atoms with E-state index in [0.717, 1.165) is 61.6 Å². The number of amides is 2. The maximum Gasteiger partial charge on any atom is 0.322 e. The predicted octanol–water partition coefficient (Wildman–Crippen LogP) is 3.41. The topological polar surface area (TPSA) is 64.6 Å². The van der Waals surface area contributed by atoms with Crippen LogP contribution in [0.25, 0.3) is 0 Å². The zero-order valence-corrected chi connectivity index (χ0v) is 17.1. The molecule has 3 heterocycles. The summed E-state index contributed by atoms with van der Waals surface area (Å²) in [7, 11) is 0. The molecule has 0 atom stereocenters. The van der Waals surface area contributed by atoms with Crippen molar-refractivity contribution in [3.8, 4) is 0 Å². The summed E-state index contributed by atoms with van der Waals surface area (Å²) in [5, 5.41) is 2.46. The van der Waals surface area contributed by atoms with Gasteiger partial charge in [-0.15, -0.1) is 0 Å². The third-order valence-corrected chi connectivity index (χ3v) is 5.53. The fourth-order valence-corrected chi connectivity index (χ4v) is 3.86. The Labute approximate surface area is 174 Å². The maximum absolute atomic E-state index is 13.8. The lowest BCUT2D eigenvalue weighted by atomic mass is 10.1. The number of rotatable bonds is 3. The Balaban J connectivity index is 1.39. The van der Waals surface area contributed by atoms with Gasteiger partial charge in [-0.25, -0.2) is 18.6 Å². The number of urea groups is 1. The highest BCUT2D eigenvalue weighted by Crippen LogP contribution is 2.22. The number of nitrogens with zero attached hydrogens (tertiary/aromatic N) is 5. The second-order valence-corrected chi connectivity index (χ2v) is 7.74. The molecule has 0 spiro atoms. The largest absolute Gasteiger partial charge is 0.353 e. The lowest BCUT2D eigenvalue weighted by molar-refractivity contribution is 0.208. The van der Waals surface area contributed by atoms with Crippen LogP contribution in [0.15, 0.2) is 24.3 Å². The maximum atomic E-state index is 13.8. The van der Waals surface area contributed by atoms with Gasteiger partial charge in [0.1, 0.15) is 17.5 Å². The van der Waals surface area contributed by atoms with Crippen molar-refractivity contribution >= 4 is 23.5 Å². The number of benzene rings is 1. The SMILES string of the molecule is Cc1cc(N2CCN(C(=O)Nc3cc(F)ccc3F)CC2)nc(N2CCCCC2)n1. The van der Waals surface area contributed by atoms with Gasteiger partial charge in [-0.2, -0.15) is 4.98 Å². The van der Waals surface area contributed by atoms with Crippen LogP contribution in [-0.4, -0.2) is 60.2 Å². The average molecular weight is 416 g/mol. The number of piperazine rings is 1. The summed E-state index contributed by atoms with van der Waals surface area (Å²) < 4.78 is 27.1. The van der Waals surface area contributed by atoms with E-state index < -0.39 is 17.7 Å². The molecule has 4 rings (SSSR count). The Hall–Kier alpha value is -2.97. The first-order valence-corrected chi connectivity index (χ1v) is 10.4. The first-order chi connectivity index (χ1) is 14.5. The zero-order chi connectivity index (χ0) is 21.1. The fourth-order valence-electron chi connectivity index (χ4n) is 3.86. The number of hydrogen-bond acceptors (Lipinski definition) is 5. The van der Waals surface area contributed by atoms with Gasteiger partial charge < -0.3 is 20.0 Å². The minimum absolute atomic E-state index is 0.153. The Morgan fingerprint density at radius 2 is 1.67 bits per heavy atom. The van der Waals surface area contributed by atoms with Gasteiger partial charge in [0.15, 0.2) is 0 Å². The van der Waals surface area contributed by atoms with E-state index in [1.54, 1.807) is 4.90 Å². The molecule has 0 unspecified atom stereocenters. The number of aryl methyl sites for hydroxylation is 1. The number of carbonyl (C=O) groups is 1. The summed E-state index contributed by atoms with van der Waals surface area (Å²) in [5.74, 6) is 0.371. The minimum atomic E-state index is -0.662. The van der Waals surface area contributed by atoms with Crippen molar-refractivity contribution in [2.24, 2.45) is 0 Å². The van der Waals surface area contributed by atoms with E-state index >= 15 is 0 Å². The van der Waals surface area contributed by atoms with Crippen molar-refractivity contribution in [1.29, 1.82) is 0 Å². The number of anilines is 3. The molecule has 0 aliphatic carbocycles. The first-order valence-electron chi connectivity index (χ1n) is 10.4. The summed E-state index contributed by atoms with van der Waals surface area (Å²) in [6.45, 7) is 6.07. The van der Waals surface area contributed by atoms with Crippen LogP contribution in [0.1, 0.15) is 25.0 Å². The van der Waals surface area contributed by atoms with E-state index in [-0.39, 0.29) is 5.69 Å². The summed E-state index contributed by atoms with van der Waals surface area (Å²) in [6.07, 6.45) is 3.57. The average Bonchev–Trinajstić information content (AvgIpc) is 2.76. The summed E-state index contributed by atoms with van der Waals surface area (Å²) in [4.78, 5) is 27.8. The van der Waals surface area contributed by atoms with Gasteiger partial charge in [0.2, 0.25) is 5.95 Å². The molecule has 2 fully saturated rings. The molecule has 7 nitrogen and oxygen atoms in total. The minimum Gasteiger partial charge on any atom is -0.353 e. The number of aromatic nitrogens is 2. The molecule has 2 aliphatic heterocycles. The molecule has 0 bridgehead atoms. The molecule has 1 N–H and O–H groups in total. The van der Waals surface area contributed by atoms with E-state index in [1.165, 1.54) is 6.42 Å². The second kappa shape index (κ2) is 8.81. The molecule has 0 radical (unpaired) electrons. The second-order valence-electron chi connectivity index (χ2n) is 7.74. The number of halogens is 2. The molecule has 30 heavy (non-hydrogen) atoms. The number of carbonyl (C=O) groups excluding carboxylic acids is 1. The van der Waals surface area contributed by atoms with Crippen molar-refractivity contribution in [1.82, 2.24) is 14.9 Å². The van der Waals surface area contributed by atoms with Crippen LogP contribution in [0.4, 0.5) is 31.0 Å². The van der Waals surface area contributed by atoms with E-state index in [2.05, 4.69) is 20.1 Å². The Morgan fingerprint density at radius 3 is 2.40 bits per heavy atom. The van der Waals surface area contributed by atoms with Crippen molar-refractivity contribution in [3.05, 3.63) is 41.6 Å². The molecule has 9 heteroatoms. The first kappa shape index (κ1) is 20.3. The number of piperidine rings is 1. The van der Waals surface area contributed by atoms with Gasteiger partial charge in [0.05, 0.1) is 5.69 Å². The van der Waals surface area contributed by atoms with Crippen LogP contribution in [0, 0.1) is 18.6 Å². The van der Waals surface area contributed by atoms with Crippen LogP contribution in [0.2, 0.25) is 0 Å². The van der Waals surface area contributed by atoms with Crippen LogP contribution in [0.3, 0.4) is 0 Å². The van der Waals surface area contributed by atoms with Gasteiger partial charge in [-0.05, 0) is 38.3 Å². The summed E-state index contributed by atoms with van der Waals surface area (Å²) in [5.41, 5.74) is 0.766. The number of hydrogen-bond donors (Lipinski definition) is 1. The van der Waals surface area contributed by atoms with Crippen molar-refractivity contribution < 1.29 is 13.6 Å². The van der Waals surface area contributed by atoms with Gasteiger partial charge >= 0.3 is 6.03 Å². The lowest BCUT2D eigenvalue weighted by Crippen LogP contribution is -2.50. The van der Waals surface area contributed by atoms with E-state index in [4.69, 9.17) is 4.98 Å². The Kier molecular flexibility index (Phi) is 5.96. The van der Waals surface area contributed by atoms with Crippen LogP contribution < -0.4 is 15.1 Å².